The van der Waals surface area contributed by atoms with E-state index < -0.39 is 16.9 Å². The Labute approximate surface area is 190 Å². The number of nitrogens with zero attached hydrogens (tertiary/aromatic N) is 3. The highest BCUT2D eigenvalue weighted by atomic mass is 16.5. The topological polar surface area (TPSA) is 101 Å². The van der Waals surface area contributed by atoms with E-state index in [1.807, 2.05) is 43.3 Å². The van der Waals surface area contributed by atoms with Crippen molar-refractivity contribution in [1.82, 2.24) is 4.57 Å². The van der Waals surface area contributed by atoms with Crippen LogP contribution in [0.15, 0.2) is 70.8 Å². The number of anilines is 1. The van der Waals surface area contributed by atoms with Gasteiger partial charge in [-0.05, 0) is 25.5 Å². The van der Waals surface area contributed by atoms with Gasteiger partial charge in [0.05, 0.1) is 12.1 Å². The van der Waals surface area contributed by atoms with Crippen LogP contribution in [0.1, 0.15) is 27.9 Å². The Morgan fingerprint density at radius 1 is 1.09 bits per heavy atom. The van der Waals surface area contributed by atoms with Crippen LogP contribution in [0.3, 0.4) is 0 Å². The van der Waals surface area contributed by atoms with Crippen LogP contribution in [0.25, 0.3) is 0 Å². The number of nitriles is 1. The molecule has 1 spiro atoms. The fraction of sp³-hybridized carbons (Fsp3) is 0.192. The maximum absolute atomic E-state index is 14.3. The van der Waals surface area contributed by atoms with Crippen molar-refractivity contribution in [1.29, 1.82) is 5.26 Å². The van der Waals surface area contributed by atoms with E-state index in [1.54, 1.807) is 37.1 Å². The minimum absolute atomic E-state index is 0.0693. The molecular formula is C26H22N4O3. The van der Waals surface area contributed by atoms with Crippen LogP contribution in [0.5, 0.6) is 5.75 Å². The van der Waals surface area contributed by atoms with Gasteiger partial charge in [-0.2, -0.15) is 5.26 Å². The molecule has 2 aliphatic heterocycles. The number of benzene rings is 2. The number of fused-ring (bicyclic) bond motifs is 4. The molecule has 3 aromatic rings. The average Bonchev–Trinajstić information content (AvgIpc) is 3.01. The smallest absolute Gasteiger partial charge is 0.259 e. The molecule has 0 saturated heterocycles. The molecule has 0 saturated carbocycles. The van der Waals surface area contributed by atoms with Gasteiger partial charge in [-0.25, -0.2) is 0 Å². The quantitative estimate of drug-likeness (QED) is 0.663. The van der Waals surface area contributed by atoms with Crippen molar-refractivity contribution in [2.75, 3.05) is 4.90 Å². The summed E-state index contributed by atoms with van der Waals surface area (Å²) in [6.45, 7) is 4.05. The van der Waals surface area contributed by atoms with Crippen LogP contribution >= 0.6 is 0 Å². The summed E-state index contributed by atoms with van der Waals surface area (Å²) in [5.41, 5.74) is 8.02. The molecule has 1 amide bonds. The van der Waals surface area contributed by atoms with Crippen molar-refractivity contribution in [3.8, 4) is 11.8 Å². The number of aryl methyl sites for hydroxylation is 2. The molecule has 5 rings (SSSR count). The van der Waals surface area contributed by atoms with E-state index in [2.05, 4.69) is 6.07 Å². The molecule has 0 unspecified atom stereocenters. The average molecular weight is 438 g/mol. The molecule has 0 aliphatic carbocycles. The lowest BCUT2D eigenvalue weighted by atomic mass is 9.69. The predicted octanol–water partition coefficient (Wildman–Crippen LogP) is 2.92. The molecule has 2 N–H and O–H groups in total. The summed E-state index contributed by atoms with van der Waals surface area (Å²) in [5.74, 6) is -0.360. The Morgan fingerprint density at radius 3 is 2.58 bits per heavy atom. The Morgan fingerprint density at radius 2 is 1.85 bits per heavy atom. The van der Waals surface area contributed by atoms with Gasteiger partial charge >= 0.3 is 0 Å². The second-order valence-corrected chi connectivity index (χ2v) is 8.49. The first-order valence-corrected chi connectivity index (χ1v) is 10.6. The van der Waals surface area contributed by atoms with E-state index in [0.717, 1.165) is 11.1 Å². The minimum atomic E-state index is -1.67. The number of para-hydroxylation sites is 1. The zero-order chi connectivity index (χ0) is 23.5. The summed E-state index contributed by atoms with van der Waals surface area (Å²) in [6.07, 6.45) is 0. The van der Waals surface area contributed by atoms with Gasteiger partial charge in [-0.1, -0.05) is 48.0 Å². The number of amides is 1. The van der Waals surface area contributed by atoms with Crippen LogP contribution < -0.4 is 20.9 Å². The van der Waals surface area contributed by atoms with Crippen LogP contribution in [0.2, 0.25) is 0 Å². The predicted molar refractivity (Wildman–Crippen MR) is 123 cm³/mol. The fourth-order valence-electron chi connectivity index (χ4n) is 4.92. The van der Waals surface area contributed by atoms with Gasteiger partial charge in [-0.3, -0.25) is 9.59 Å². The lowest BCUT2D eigenvalue weighted by molar-refractivity contribution is -0.121. The SMILES string of the molecule is Cc1cccc(CN2C(=O)[C@@]3(C(C#N)=C(N)Oc4cc(C)n(C)c(=O)c43)c3ccccc32)c1. The second kappa shape index (κ2) is 7.10. The summed E-state index contributed by atoms with van der Waals surface area (Å²) >= 11 is 0. The third-order valence-electron chi connectivity index (χ3n) is 6.55. The Hall–Kier alpha value is -4.31. The van der Waals surface area contributed by atoms with Crippen molar-refractivity contribution in [3.05, 3.63) is 104 Å². The molecule has 0 fully saturated rings. The number of hydrogen-bond donors (Lipinski definition) is 1. The van der Waals surface area contributed by atoms with Gasteiger partial charge in [0, 0.05) is 30.1 Å². The van der Waals surface area contributed by atoms with Crippen molar-refractivity contribution in [2.45, 2.75) is 25.8 Å². The summed E-state index contributed by atoms with van der Waals surface area (Å²) in [7, 11) is 1.63. The first-order valence-electron chi connectivity index (χ1n) is 10.6. The number of ether oxygens (including phenoxy) is 1. The fourth-order valence-corrected chi connectivity index (χ4v) is 4.92. The van der Waals surface area contributed by atoms with Crippen molar-refractivity contribution >= 4 is 11.6 Å². The summed E-state index contributed by atoms with van der Waals surface area (Å²) in [6, 6.07) is 18.9. The number of rotatable bonds is 2. The molecule has 2 aromatic carbocycles. The number of hydrogen-bond acceptors (Lipinski definition) is 5. The lowest BCUT2D eigenvalue weighted by Gasteiger charge is -2.34. The number of pyridine rings is 1. The van der Waals surface area contributed by atoms with Crippen molar-refractivity contribution < 1.29 is 9.53 Å². The molecule has 1 aromatic heterocycles. The summed E-state index contributed by atoms with van der Waals surface area (Å²) in [4.78, 5) is 29.5. The maximum atomic E-state index is 14.3. The molecule has 0 radical (unpaired) electrons. The highest BCUT2D eigenvalue weighted by molar-refractivity contribution is 6.14. The van der Waals surface area contributed by atoms with Gasteiger partial charge in [0.25, 0.3) is 5.56 Å². The molecule has 33 heavy (non-hydrogen) atoms. The van der Waals surface area contributed by atoms with E-state index in [4.69, 9.17) is 10.5 Å². The number of carbonyl (C=O) groups is 1. The zero-order valence-corrected chi connectivity index (χ0v) is 18.5. The molecule has 164 valence electrons. The van der Waals surface area contributed by atoms with Crippen LogP contribution in [-0.2, 0) is 23.8 Å². The third-order valence-corrected chi connectivity index (χ3v) is 6.55. The summed E-state index contributed by atoms with van der Waals surface area (Å²) < 4.78 is 7.18. The van der Waals surface area contributed by atoms with Gasteiger partial charge in [0.2, 0.25) is 11.8 Å². The monoisotopic (exact) mass is 438 g/mol. The van der Waals surface area contributed by atoms with Crippen LogP contribution in [-0.4, -0.2) is 10.5 Å². The Balaban J connectivity index is 1.84. The van der Waals surface area contributed by atoms with Gasteiger partial charge in [0.1, 0.15) is 17.4 Å². The zero-order valence-electron chi connectivity index (χ0n) is 18.5. The molecule has 0 bridgehead atoms. The number of aromatic nitrogens is 1. The van der Waals surface area contributed by atoms with E-state index in [1.165, 1.54) is 4.57 Å². The second-order valence-electron chi connectivity index (χ2n) is 8.49. The Kier molecular flexibility index (Phi) is 4.43. The van der Waals surface area contributed by atoms with E-state index in [-0.39, 0.29) is 22.8 Å². The van der Waals surface area contributed by atoms with Gasteiger partial charge in [-0.15, -0.1) is 0 Å². The van der Waals surface area contributed by atoms with Gasteiger partial charge in [0.15, 0.2) is 5.41 Å². The van der Waals surface area contributed by atoms with Crippen molar-refractivity contribution in [2.24, 2.45) is 12.8 Å². The molecule has 7 nitrogen and oxygen atoms in total. The van der Waals surface area contributed by atoms with Crippen molar-refractivity contribution in [3.63, 3.8) is 0 Å². The summed E-state index contributed by atoms with van der Waals surface area (Å²) in [5, 5.41) is 10.1. The highest BCUT2D eigenvalue weighted by Gasteiger charge is 2.60. The number of nitrogens with two attached hydrogens (primary N) is 1. The van der Waals surface area contributed by atoms with Crippen LogP contribution in [0.4, 0.5) is 5.69 Å². The lowest BCUT2D eigenvalue weighted by Crippen LogP contribution is -2.49. The minimum Gasteiger partial charge on any atom is -0.440 e. The molecule has 2 aliphatic rings. The molecule has 3 heterocycles. The largest absolute Gasteiger partial charge is 0.440 e. The molecule has 7 heteroatoms. The van der Waals surface area contributed by atoms with E-state index >= 15 is 0 Å². The molecular weight excluding hydrogens is 416 g/mol. The van der Waals surface area contributed by atoms with E-state index in [0.29, 0.717) is 23.5 Å². The first-order chi connectivity index (χ1) is 15.8. The highest BCUT2D eigenvalue weighted by Crippen LogP contribution is 2.54. The maximum Gasteiger partial charge on any atom is 0.259 e. The standard InChI is InChI=1S/C26H22N4O3/c1-15-7-6-8-17(11-15)14-30-20-10-5-4-9-18(20)26(25(30)32)19(13-27)23(28)33-21-12-16(2)29(3)24(31)22(21)26/h4-12H,14,28H2,1-3H3/t26-/m1/s1. The van der Waals surface area contributed by atoms with Gasteiger partial charge < -0.3 is 19.9 Å². The van der Waals surface area contributed by atoms with Crippen LogP contribution in [0, 0.1) is 25.2 Å². The first kappa shape index (κ1) is 20.6. The molecule has 1 atom stereocenters. The third kappa shape index (κ3) is 2.67. The number of carbonyl (C=O) groups excluding carboxylic acids is 1. The van der Waals surface area contributed by atoms with E-state index in [9.17, 15) is 14.9 Å². The Bertz CT molecular complexity index is 1480. The normalized spacial score (nSPS) is 18.7.